The Morgan fingerprint density at radius 3 is 2.88 bits per heavy atom. The van der Waals surface area contributed by atoms with Gasteiger partial charge in [0.05, 0.1) is 11.0 Å². The standard InChI is InChI=1S/C13H18N4/c1-13(6-2-3-7-13)17-12-15-10-5-4-9(14)8-11(10)16-12/h4-5,8H,2-3,6-7,14H2,1H3,(H2,15,16,17). The van der Waals surface area contributed by atoms with E-state index in [-0.39, 0.29) is 5.54 Å². The van der Waals surface area contributed by atoms with Crippen LogP contribution in [0, 0.1) is 0 Å². The summed E-state index contributed by atoms with van der Waals surface area (Å²) in [5.74, 6) is 0.856. The number of imidazole rings is 1. The van der Waals surface area contributed by atoms with Crippen LogP contribution in [0.5, 0.6) is 0 Å². The van der Waals surface area contributed by atoms with Crippen LogP contribution in [0.1, 0.15) is 32.6 Å². The molecule has 1 heterocycles. The average molecular weight is 230 g/mol. The van der Waals surface area contributed by atoms with E-state index < -0.39 is 0 Å². The van der Waals surface area contributed by atoms with Crippen LogP contribution < -0.4 is 11.1 Å². The summed E-state index contributed by atoms with van der Waals surface area (Å²) in [6.07, 6.45) is 5.03. The van der Waals surface area contributed by atoms with Crippen LogP contribution in [0.4, 0.5) is 11.6 Å². The van der Waals surface area contributed by atoms with Gasteiger partial charge >= 0.3 is 0 Å². The molecule has 0 amide bonds. The number of hydrogen-bond donors (Lipinski definition) is 3. The van der Waals surface area contributed by atoms with Crippen LogP contribution in [0.2, 0.25) is 0 Å². The van der Waals surface area contributed by atoms with Crippen molar-refractivity contribution in [3.05, 3.63) is 18.2 Å². The normalized spacial score (nSPS) is 18.6. The summed E-state index contributed by atoms with van der Waals surface area (Å²) in [7, 11) is 0. The largest absolute Gasteiger partial charge is 0.399 e. The number of H-pyrrole nitrogens is 1. The molecule has 4 N–H and O–H groups in total. The van der Waals surface area contributed by atoms with E-state index in [4.69, 9.17) is 5.73 Å². The predicted octanol–water partition coefficient (Wildman–Crippen LogP) is 2.89. The molecule has 0 atom stereocenters. The first kappa shape index (κ1) is 10.4. The van der Waals surface area contributed by atoms with Crippen molar-refractivity contribution in [1.29, 1.82) is 0 Å². The van der Waals surface area contributed by atoms with Gasteiger partial charge in [0.15, 0.2) is 0 Å². The summed E-state index contributed by atoms with van der Waals surface area (Å²) in [4.78, 5) is 7.83. The highest BCUT2D eigenvalue weighted by atomic mass is 15.2. The van der Waals surface area contributed by atoms with Gasteiger partial charge < -0.3 is 16.0 Å². The van der Waals surface area contributed by atoms with Crippen molar-refractivity contribution in [2.24, 2.45) is 0 Å². The highest BCUT2D eigenvalue weighted by Crippen LogP contribution is 2.32. The van der Waals surface area contributed by atoms with Crippen LogP contribution in [0.15, 0.2) is 18.2 Å². The van der Waals surface area contributed by atoms with E-state index in [9.17, 15) is 0 Å². The van der Waals surface area contributed by atoms with E-state index in [2.05, 4.69) is 22.2 Å². The Kier molecular flexibility index (Phi) is 2.24. The molecule has 3 rings (SSSR count). The molecule has 0 saturated heterocycles. The zero-order chi connectivity index (χ0) is 11.9. The first-order valence-corrected chi connectivity index (χ1v) is 6.18. The zero-order valence-corrected chi connectivity index (χ0v) is 10.1. The maximum absolute atomic E-state index is 5.75. The van der Waals surface area contributed by atoms with Gasteiger partial charge in [0.2, 0.25) is 5.95 Å². The van der Waals surface area contributed by atoms with Crippen molar-refractivity contribution in [2.45, 2.75) is 38.1 Å². The second-order valence-electron chi connectivity index (χ2n) is 5.25. The molecule has 90 valence electrons. The van der Waals surface area contributed by atoms with Crippen LogP contribution >= 0.6 is 0 Å². The minimum absolute atomic E-state index is 0.194. The predicted molar refractivity (Wildman–Crippen MR) is 71.0 cm³/mol. The Hall–Kier alpha value is -1.71. The molecule has 1 fully saturated rings. The van der Waals surface area contributed by atoms with Crippen LogP contribution in [0.3, 0.4) is 0 Å². The summed E-state index contributed by atoms with van der Waals surface area (Å²) in [5, 5.41) is 3.52. The first-order chi connectivity index (χ1) is 8.15. The molecule has 0 aliphatic heterocycles. The van der Waals surface area contributed by atoms with E-state index in [0.717, 1.165) is 22.7 Å². The maximum Gasteiger partial charge on any atom is 0.201 e. The molecule has 1 aliphatic carbocycles. The number of anilines is 2. The first-order valence-electron chi connectivity index (χ1n) is 6.18. The molecule has 4 nitrogen and oxygen atoms in total. The molecule has 17 heavy (non-hydrogen) atoms. The molecule has 0 unspecified atom stereocenters. The van der Waals surface area contributed by atoms with E-state index in [0.29, 0.717) is 0 Å². The van der Waals surface area contributed by atoms with Gasteiger partial charge in [-0.05, 0) is 38.0 Å². The van der Waals surface area contributed by atoms with Gasteiger partial charge in [-0.15, -0.1) is 0 Å². The Bertz CT molecular complexity index is 537. The molecule has 0 bridgehead atoms. The minimum atomic E-state index is 0.194. The third-order valence-corrected chi connectivity index (χ3v) is 3.63. The van der Waals surface area contributed by atoms with Crippen molar-refractivity contribution in [1.82, 2.24) is 9.97 Å². The Balaban J connectivity index is 1.90. The van der Waals surface area contributed by atoms with Crippen molar-refractivity contribution >= 4 is 22.7 Å². The number of nitrogens with zero attached hydrogens (tertiary/aromatic N) is 1. The number of rotatable bonds is 2. The number of aromatic amines is 1. The zero-order valence-electron chi connectivity index (χ0n) is 10.1. The maximum atomic E-state index is 5.75. The summed E-state index contributed by atoms with van der Waals surface area (Å²) in [5.41, 5.74) is 8.67. The van der Waals surface area contributed by atoms with Crippen molar-refractivity contribution in [3.63, 3.8) is 0 Å². The Labute approximate surface area is 101 Å². The van der Waals surface area contributed by atoms with Gasteiger partial charge in [-0.25, -0.2) is 4.98 Å². The lowest BCUT2D eigenvalue weighted by Gasteiger charge is -2.24. The van der Waals surface area contributed by atoms with Crippen LogP contribution in [-0.4, -0.2) is 15.5 Å². The average Bonchev–Trinajstić information content (AvgIpc) is 2.84. The number of hydrogen-bond acceptors (Lipinski definition) is 3. The van der Waals surface area contributed by atoms with Crippen LogP contribution in [0.25, 0.3) is 11.0 Å². The molecule has 1 aliphatic rings. The van der Waals surface area contributed by atoms with Gasteiger partial charge in [-0.2, -0.15) is 0 Å². The van der Waals surface area contributed by atoms with Gasteiger partial charge in [0, 0.05) is 11.2 Å². The van der Waals surface area contributed by atoms with Crippen molar-refractivity contribution in [3.8, 4) is 0 Å². The Morgan fingerprint density at radius 1 is 1.35 bits per heavy atom. The molecular weight excluding hydrogens is 212 g/mol. The number of nitrogens with one attached hydrogen (secondary N) is 2. The fourth-order valence-corrected chi connectivity index (χ4v) is 2.65. The van der Waals surface area contributed by atoms with E-state index in [1.807, 2.05) is 18.2 Å². The van der Waals surface area contributed by atoms with Gasteiger partial charge in [-0.1, -0.05) is 12.8 Å². The molecule has 0 radical (unpaired) electrons. The lowest BCUT2D eigenvalue weighted by atomic mass is 10.0. The lowest BCUT2D eigenvalue weighted by Crippen LogP contribution is -2.31. The molecule has 1 aromatic heterocycles. The van der Waals surface area contributed by atoms with E-state index in [1.165, 1.54) is 25.7 Å². The third kappa shape index (κ3) is 1.95. The molecule has 0 spiro atoms. The molecular formula is C13H18N4. The molecule has 4 heteroatoms. The number of nitrogens with two attached hydrogens (primary N) is 1. The smallest absolute Gasteiger partial charge is 0.201 e. The summed E-state index contributed by atoms with van der Waals surface area (Å²) in [6, 6.07) is 5.75. The molecule has 2 aromatic rings. The summed E-state index contributed by atoms with van der Waals surface area (Å²) >= 11 is 0. The van der Waals surface area contributed by atoms with Gasteiger partial charge in [0.25, 0.3) is 0 Å². The highest BCUT2D eigenvalue weighted by Gasteiger charge is 2.29. The lowest BCUT2D eigenvalue weighted by molar-refractivity contribution is 0.529. The molecule has 1 aromatic carbocycles. The van der Waals surface area contributed by atoms with Crippen molar-refractivity contribution < 1.29 is 0 Å². The van der Waals surface area contributed by atoms with Crippen molar-refractivity contribution in [2.75, 3.05) is 11.1 Å². The SMILES string of the molecule is CC1(Nc2nc3ccc(N)cc3[nH]2)CCCC1. The Morgan fingerprint density at radius 2 is 2.12 bits per heavy atom. The summed E-state index contributed by atoms with van der Waals surface area (Å²) in [6.45, 7) is 2.27. The number of aromatic nitrogens is 2. The van der Waals surface area contributed by atoms with Crippen LogP contribution in [-0.2, 0) is 0 Å². The van der Waals surface area contributed by atoms with Gasteiger partial charge in [-0.3, -0.25) is 0 Å². The van der Waals surface area contributed by atoms with Gasteiger partial charge in [0.1, 0.15) is 0 Å². The quantitative estimate of drug-likeness (QED) is 0.695. The fraction of sp³-hybridized carbons (Fsp3) is 0.462. The number of fused-ring (bicyclic) bond motifs is 1. The number of benzene rings is 1. The van der Waals surface area contributed by atoms with E-state index in [1.54, 1.807) is 0 Å². The fourth-order valence-electron chi connectivity index (χ4n) is 2.65. The molecule has 1 saturated carbocycles. The van der Waals surface area contributed by atoms with E-state index >= 15 is 0 Å². The highest BCUT2D eigenvalue weighted by molar-refractivity contribution is 5.80. The second kappa shape index (κ2) is 3.65. The number of nitrogen functional groups attached to an aromatic ring is 1. The topological polar surface area (TPSA) is 66.7 Å². The minimum Gasteiger partial charge on any atom is -0.399 e. The third-order valence-electron chi connectivity index (χ3n) is 3.63. The monoisotopic (exact) mass is 230 g/mol. The second-order valence-corrected chi connectivity index (χ2v) is 5.25. The summed E-state index contributed by atoms with van der Waals surface area (Å²) < 4.78 is 0.